The first kappa shape index (κ1) is 71.4. The number of aromatic hydroxyl groups is 6. The highest BCUT2D eigenvalue weighted by molar-refractivity contribution is 5.90. The summed E-state index contributed by atoms with van der Waals surface area (Å²) in [6.07, 6.45) is -34.4. The molecular weight excluding hydrogens is 1300 g/mol. The van der Waals surface area contributed by atoms with Gasteiger partial charge in [0.2, 0.25) is 25.2 Å². The largest absolute Gasteiger partial charge is 0.508 e. The summed E-state index contributed by atoms with van der Waals surface area (Å²) in [6.45, 7) is -3.17. The molecule has 0 aliphatic carbocycles. The number of phenols is 6. The van der Waals surface area contributed by atoms with Crippen molar-refractivity contribution in [1.29, 1.82) is 0 Å². The van der Waals surface area contributed by atoms with Gasteiger partial charge in [-0.3, -0.25) is 9.59 Å². The number of aliphatic hydroxyl groups is 13. The van der Waals surface area contributed by atoms with Crippen LogP contribution in [0, 0.1) is 0 Å². The molecule has 0 amide bonds. The fourth-order valence-electron chi connectivity index (χ4n) is 10.1. The second kappa shape index (κ2) is 30.4. The third kappa shape index (κ3) is 16.3. The lowest BCUT2D eigenvalue weighted by Crippen LogP contribution is -2.60. The average Bonchev–Trinajstić information content (AvgIpc) is 0.765. The number of rotatable bonds is 22. The number of hydrogen-bond donors (Lipinski definition) is 20. The van der Waals surface area contributed by atoms with Gasteiger partial charge in [-0.25, -0.2) is 9.59 Å². The lowest BCUT2D eigenvalue weighted by molar-refractivity contribution is -0.294. The fraction of sp³-hybridized carbons (Fsp3) is 0.433. The Bertz CT molecular complexity index is 3510. The zero-order valence-electron chi connectivity index (χ0n) is 49.3. The Morgan fingerprint density at radius 2 is 0.896 bits per heavy atom. The van der Waals surface area contributed by atoms with Crippen molar-refractivity contribution in [2.24, 2.45) is 0 Å². The second-order valence-corrected chi connectivity index (χ2v) is 22.2. The van der Waals surface area contributed by atoms with Crippen LogP contribution in [0.5, 0.6) is 57.5 Å². The molecule has 4 saturated heterocycles. The van der Waals surface area contributed by atoms with Crippen molar-refractivity contribution in [2.75, 3.05) is 26.4 Å². The van der Waals surface area contributed by atoms with Gasteiger partial charge in [-0.05, 0) is 65.8 Å². The summed E-state index contributed by atoms with van der Waals surface area (Å²) in [5, 5.41) is 209. The summed E-state index contributed by atoms with van der Waals surface area (Å²) in [5.41, 5.74) is -0.0623. The van der Waals surface area contributed by atoms with Crippen LogP contribution in [0.1, 0.15) is 34.8 Å². The van der Waals surface area contributed by atoms with Crippen molar-refractivity contribution >= 4 is 42.1 Å². The van der Waals surface area contributed by atoms with Crippen LogP contribution in [-0.2, 0) is 57.1 Å². The predicted molar refractivity (Wildman–Crippen MR) is 307 cm³/mol. The highest BCUT2D eigenvalue weighted by Gasteiger charge is 2.50. The monoisotopic (exact) mass is 1360 g/mol. The Balaban J connectivity index is 0.820. The number of esters is 3. The van der Waals surface area contributed by atoms with E-state index in [1.807, 2.05) is 0 Å². The second-order valence-electron chi connectivity index (χ2n) is 22.2. The molecule has 36 heteroatoms. The summed E-state index contributed by atoms with van der Waals surface area (Å²) in [4.78, 5) is 48.8. The summed E-state index contributed by atoms with van der Waals surface area (Å²) < 4.78 is 66.7. The van der Waals surface area contributed by atoms with Crippen LogP contribution in [0.3, 0.4) is 0 Å². The molecule has 0 saturated carbocycles. The van der Waals surface area contributed by atoms with E-state index in [-0.39, 0.29) is 39.5 Å². The van der Waals surface area contributed by atoms with E-state index in [0.717, 1.165) is 66.8 Å². The van der Waals surface area contributed by atoms with Gasteiger partial charge in [0, 0.05) is 29.8 Å². The third-order valence-corrected chi connectivity index (χ3v) is 15.4. The number of carboxylic acid groups (broad SMARTS) is 1. The lowest BCUT2D eigenvalue weighted by Gasteiger charge is -2.41. The number of aliphatic hydroxyl groups excluding tert-OH is 13. The number of carbonyl (C=O) groups is 4. The van der Waals surface area contributed by atoms with Crippen LogP contribution < -0.4 is 18.9 Å². The maximum absolute atomic E-state index is 13.1. The molecule has 4 aromatic rings. The third-order valence-electron chi connectivity index (χ3n) is 15.4. The molecule has 4 fully saturated rings. The minimum atomic E-state index is -2.13. The average molecular weight is 1360 g/mol. The number of carboxylic acids is 1. The quantitative estimate of drug-likeness (QED) is 0.0116. The van der Waals surface area contributed by atoms with Gasteiger partial charge in [0.25, 0.3) is 0 Å². The molecule has 0 spiro atoms. The van der Waals surface area contributed by atoms with E-state index >= 15 is 0 Å². The minimum Gasteiger partial charge on any atom is -0.508 e. The fourth-order valence-corrected chi connectivity index (χ4v) is 10.1. The van der Waals surface area contributed by atoms with Gasteiger partial charge >= 0.3 is 23.9 Å². The molecule has 0 unspecified atom stereocenters. The number of hydrogen-bond acceptors (Lipinski definition) is 35. The number of phenolic OH excluding ortho intramolecular Hbond substituents is 6. The Labute approximate surface area is 539 Å². The SMILES string of the molecule is O=C(O)CC(=O)OC[C@H]1O[C@@H](Oc2cc(O)cc3c2C=C(O[C@@H]2O[C@H](COC(=O)C=Cc4ccc(O[C@@H]5O[C@H](COC(=O)C=Cc6ccc(O)c(O[C@@H]7O[C@H](CO)[C@@H](O)[C@H](O)[C@H]7O)c6)[C@@H](O)[C@H](O)[C@H]5O)c(O)c4)[C@@H](O)[C@H](O)[C@H]2O)[C@@H](c2cc(O)c(O)c(O)c2)O3)[C@H](O)[C@@H](O)[C@@H]1O. The summed E-state index contributed by atoms with van der Waals surface area (Å²) in [6, 6.07) is 11.0. The number of benzene rings is 4. The van der Waals surface area contributed by atoms with Crippen LogP contribution in [0.2, 0.25) is 0 Å². The Morgan fingerprint density at radius 1 is 0.448 bits per heavy atom. The molecule has 0 aromatic heterocycles. The first-order valence-corrected chi connectivity index (χ1v) is 28.8. The molecule has 4 aromatic carbocycles. The van der Waals surface area contributed by atoms with E-state index in [9.17, 15) is 116 Å². The Kier molecular flexibility index (Phi) is 22.6. The van der Waals surface area contributed by atoms with E-state index < -0.39 is 232 Å². The minimum absolute atomic E-state index is 0.111. The molecule has 20 N–H and O–H groups in total. The zero-order chi connectivity index (χ0) is 69.7. The molecule has 0 bridgehead atoms. The summed E-state index contributed by atoms with van der Waals surface area (Å²) in [5.74, 6) is -11.2. The van der Waals surface area contributed by atoms with Crippen LogP contribution in [-0.4, -0.2) is 275 Å². The number of carbonyl (C=O) groups excluding carboxylic acids is 3. The summed E-state index contributed by atoms with van der Waals surface area (Å²) >= 11 is 0. The van der Waals surface area contributed by atoms with E-state index in [1.165, 1.54) is 24.3 Å². The van der Waals surface area contributed by atoms with Gasteiger partial charge in [-0.2, -0.15) is 0 Å². The van der Waals surface area contributed by atoms with Crippen molar-refractivity contribution < 1.29 is 178 Å². The smallest absolute Gasteiger partial charge is 0.330 e. The van der Waals surface area contributed by atoms with E-state index in [0.29, 0.717) is 0 Å². The zero-order valence-corrected chi connectivity index (χ0v) is 49.3. The first-order chi connectivity index (χ1) is 45.5. The maximum atomic E-state index is 13.1. The molecule has 21 atom stereocenters. The molecule has 5 aliphatic heterocycles. The van der Waals surface area contributed by atoms with Crippen molar-refractivity contribution in [1.82, 2.24) is 0 Å². The highest BCUT2D eigenvalue weighted by Crippen LogP contribution is 2.48. The van der Waals surface area contributed by atoms with Crippen molar-refractivity contribution in [3.05, 3.63) is 101 Å². The predicted octanol–water partition coefficient (Wildman–Crippen LogP) is -4.70. The molecule has 96 heavy (non-hydrogen) atoms. The van der Waals surface area contributed by atoms with Crippen LogP contribution >= 0.6 is 0 Å². The van der Waals surface area contributed by atoms with Gasteiger partial charge in [-0.1, -0.05) is 12.1 Å². The van der Waals surface area contributed by atoms with E-state index in [1.54, 1.807) is 0 Å². The van der Waals surface area contributed by atoms with Crippen LogP contribution in [0.25, 0.3) is 18.2 Å². The molecule has 0 radical (unpaired) electrons. The first-order valence-electron chi connectivity index (χ1n) is 28.8. The number of aliphatic carboxylic acids is 1. The standard InChI is InChI=1S/C60H66O36/c61-17-35-44(73)48(77)52(81)59(93-35)91-33-10-22(1-5-26(33)63)4-8-41(70)86-18-36-45(74)49(78)53(82)57(94-36)89-30-6-2-21(9-27(30)64)3-7-40(69)85-19-37-46(75)51(80)55(84)60(96-37)92-34-15-25-31(88-56(34)23-11-28(65)43(72)29(66)12-23)13-24(62)14-32(25)90-58-54(83)50(79)47(76)38(95-58)20-87-42(71)16-39(67)68/h1-15,35-38,44-66,72-84H,16-20H2,(H,67,68)/t35-,36-,37-,38-,44-,45-,46-,47-,48+,49+,50+,51+,52-,53-,54-,55-,56-,57-,58-,59-,60-/m1/s1. The molecule has 522 valence electrons. The topological polar surface area (TPSA) is 584 Å². The van der Waals surface area contributed by atoms with Gasteiger partial charge in [0.1, 0.15) is 147 Å². The van der Waals surface area contributed by atoms with Crippen molar-refractivity contribution in [2.45, 2.75) is 135 Å². The van der Waals surface area contributed by atoms with Gasteiger partial charge < -0.3 is 159 Å². The highest BCUT2D eigenvalue weighted by atomic mass is 16.7. The molecule has 5 aliphatic rings. The van der Waals surface area contributed by atoms with Gasteiger partial charge in [-0.15, -0.1) is 0 Å². The molecule has 36 nitrogen and oxygen atoms in total. The van der Waals surface area contributed by atoms with E-state index in [4.69, 9.17) is 61.9 Å². The number of fused-ring (bicyclic) bond motifs is 1. The lowest BCUT2D eigenvalue weighted by atomic mass is 9.98. The Hall–Kier alpha value is -8.90. The van der Waals surface area contributed by atoms with Crippen molar-refractivity contribution in [3.63, 3.8) is 0 Å². The van der Waals surface area contributed by atoms with Crippen LogP contribution in [0.15, 0.2) is 78.6 Å². The van der Waals surface area contributed by atoms with Gasteiger partial charge in [0.05, 0.1) is 12.2 Å². The van der Waals surface area contributed by atoms with Crippen molar-refractivity contribution in [3.8, 4) is 57.5 Å². The molecule has 9 rings (SSSR count). The van der Waals surface area contributed by atoms with Crippen LogP contribution in [0.4, 0.5) is 0 Å². The van der Waals surface area contributed by atoms with Gasteiger partial charge in [0.15, 0.2) is 46.4 Å². The molecular formula is C60H66O36. The Morgan fingerprint density at radius 3 is 1.40 bits per heavy atom. The normalized spacial score (nSPS) is 32.1. The molecule has 5 heterocycles. The number of ether oxygens (including phenoxy) is 12. The maximum Gasteiger partial charge on any atom is 0.330 e. The van der Waals surface area contributed by atoms with E-state index in [2.05, 4.69) is 0 Å². The summed E-state index contributed by atoms with van der Waals surface area (Å²) in [7, 11) is 0.